The number of hydrogen-bond acceptors (Lipinski definition) is 7. The Hall–Kier alpha value is -2.80. The van der Waals surface area contributed by atoms with E-state index in [1.807, 2.05) is 26.0 Å². The number of nitriles is 1. The Balaban J connectivity index is 0.000000207. The zero-order chi connectivity index (χ0) is 26.9. The van der Waals surface area contributed by atoms with E-state index in [-0.39, 0.29) is 17.7 Å². The first-order chi connectivity index (χ1) is 18.0. The Kier molecular flexibility index (Phi) is 10.6. The third-order valence-electron chi connectivity index (χ3n) is 5.21. The van der Waals surface area contributed by atoms with Gasteiger partial charge in [0.1, 0.15) is 22.0 Å². The van der Waals surface area contributed by atoms with Gasteiger partial charge in [0.25, 0.3) is 0 Å². The summed E-state index contributed by atoms with van der Waals surface area (Å²) in [5.41, 5.74) is 2.81. The molecule has 4 aromatic rings. The van der Waals surface area contributed by atoms with Crippen LogP contribution in [0.5, 0.6) is 0 Å². The molecule has 1 aliphatic rings. The van der Waals surface area contributed by atoms with E-state index < -0.39 is 5.82 Å². The molecule has 2 aromatic heterocycles. The molecular formula is C27H26Cl2FN3O3S. The number of hydrogen-bond donors (Lipinski definition) is 1. The lowest BCUT2D eigenvalue weighted by molar-refractivity contribution is 0.147. The molecule has 10 heteroatoms. The maximum absolute atomic E-state index is 13.3. The van der Waals surface area contributed by atoms with Crippen molar-refractivity contribution in [1.82, 2.24) is 10.1 Å². The molecule has 0 radical (unpaired) electrons. The summed E-state index contributed by atoms with van der Waals surface area (Å²) in [6.07, 6.45) is 3.96. The van der Waals surface area contributed by atoms with Crippen LogP contribution < -0.4 is 0 Å². The number of halogens is 3. The Morgan fingerprint density at radius 3 is 2.59 bits per heavy atom. The summed E-state index contributed by atoms with van der Waals surface area (Å²) in [4.78, 5) is 3.89. The Labute approximate surface area is 228 Å². The fourth-order valence-corrected chi connectivity index (χ4v) is 4.92. The summed E-state index contributed by atoms with van der Waals surface area (Å²) < 4.78 is 25.0. The highest BCUT2D eigenvalue weighted by atomic mass is 35.5. The molecule has 0 amide bonds. The lowest BCUT2D eigenvalue weighted by Crippen LogP contribution is -1.97. The maximum Gasteiger partial charge on any atom is 0.151 e. The van der Waals surface area contributed by atoms with E-state index in [2.05, 4.69) is 16.7 Å². The molecule has 2 heterocycles. The molecule has 1 fully saturated rings. The molecule has 37 heavy (non-hydrogen) atoms. The zero-order valence-electron chi connectivity index (χ0n) is 20.4. The molecule has 0 unspecified atom stereocenters. The lowest BCUT2D eigenvalue weighted by Gasteiger charge is -2.07. The smallest absolute Gasteiger partial charge is 0.151 e. The third-order valence-corrected chi connectivity index (χ3v) is 6.82. The second kappa shape index (κ2) is 13.7. The van der Waals surface area contributed by atoms with E-state index in [4.69, 9.17) is 42.8 Å². The Bertz CT molecular complexity index is 1390. The van der Waals surface area contributed by atoms with Crippen LogP contribution in [0.3, 0.4) is 0 Å². The molecule has 1 N–H and O–H groups in total. The van der Waals surface area contributed by atoms with Crippen LogP contribution in [-0.2, 0) is 18.0 Å². The van der Waals surface area contributed by atoms with Crippen molar-refractivity contribution in [3.05, 3.63) is 80.7 Å². The van der Waals surface area contributed by atoms with Crippen LogP contribution in [0.15, 0.2) is 47.5 Å². The minimum atomic E-state index is -0.519. The number of benzene rings is 2. The van der Waals surface area contributed by atoms with Crippen LogP contribution in [0.4, 0.5) is 4.39 Å². The monoisotopic (exact) mass is 561 g/mol. The fraction of sp³-hybridized carbons (Fsp3) is 0.296. The van der Waals surface area contributed by atoms with Crippen LogP contribution in [0.2, 0.25) is 10.0 Å². The van der Waals surface area contributed by atoms with Crippen LogP contribution in [0.25, 0.3) is 21.5 Å². The van der Waals surface area contributed by atoms with Gasteiger partial charge in [-0.15, -0.1) is 17.9 Å². The highest BCUT2D eigenvalue weighted by Crippen LogP contribution is 2.46. The van der Waals surface area contributed by atoms with Crippen molar-refractivity contribution in [3.8, 4) is 17.3 Å². The van der Waals surface area contributed by atoms with Crippen molar-refractivity contribution in [1.29, 1.82) is 5.26 Å². The number of rotatable bonds is 7. The normalized spacial score (nSPS) is 12.2. The molecule has 1 saturated carbocycles. The zero-order valence-corrected chi connectivity index (χ0v) is 22.8. The van der Waals surface area contributed by atoms with E-state index in [0.717, 1.165) is 30.2 Å². The summed E-state index contributed by atoms with van der Waals surface area (Å²) in [7, 11) is 0. The van der Waals surface area contributed by atoms with Crippen molar-refractivity contribution in [2.45, 2.75) is 45.8 Å². The molecular weight excluding hydrogens is 536 g/mol. The minimum absolute atomic E-state index is 0.208. The predicted octanol–water partition coefficient (Wildman–Crippen LogP) is 8.05. The number of aliphatic hydroxyl groups excluding tert-OH is 1. The van der Waals surface area contributed by atoms with Gasteiger partial charge in [-0.25, -0.2) is 9.37 Å². The molecule has 0 aliphatic heterocycles. The summed E-state index contributed by atoms with van der Waals surface area (Å²) in [5.74, 6) is 0.815. The molecule has 0 atom stereocenters. The van der Waals surface area contributed by atoms with Crippen molar-refractivity contribution in [2.75, 3.05) is 6.61 Å². The molecule has 0 bridgehead atoms. The first kappa shape index (κ1) is 28.8. The maximum atomic E-state index is 13.3. The predicted molar refractivity (Wildman–Crippen MR) is 145 cm³/mol. The van der Waals surface area contributed by atoms with Gasteiger partial charge in [-0.05, 0) is 37.1 Å². The van der Waals surface area contributed by atoms with Gasteiger partial charge in [0.15, 0.2) is 5.82 Å². The molecule has 0 saturated heterocycles. The highest BCUT2D eigenvalue weighted by molar-refractivity contribution is 7.18. The Morgan fingerprint density at radius 1 is 1.30 bits per heavy atom. The van der Waals surface area contributed by atoms with Gasteiger partial charge in [0, 0.05) is 17.0 Å². The standard InChI is InChI=1S/C16H15Cl2NO2.C9H5FN2OS.C2H6/c1-2-8-20-9-11-15(19-21-16(11)10-6-7-10)14-12(17)4-3-5-13(14)18;10-6-1-5(3-11)2-7-9(6)12-8(4-13)14-7;1-2/h2-5,10H,1,6-9H2;1-2,13H,4H2;1-2H3. The van der Waals surface area contributed by atoms with Crippen LogP contribution in [-0.4, -0.2) is 21.9 Å². The number of fused-ring (bicyclic) bond motifs is 1. The van der Waals surface area contributed by atoms with Gasteiger partial charge in [0.05, 0.1) is 46.2 Å². The van der Waals surface area contributed by atoms with Crippen LogP contribution >= 0.6 is 34.5 Å². The summed E-state index contributed by atoms with van der Waals surface area (Å²) in [6.45, 7) is 8.34. The van der Waals surface area contributed by atoms with Gasteiger partial charge >= 0.3 is 0 Å². The van der Waals surface area contributed by atoms with Crippen molar-refractivity contribution >= 4 is 44.8 Å². The second-order valence-corrected chi connectivity index (χ2v) is 9.66. The van der Waals surface area contributed by atoms with E-state index in [0.29, 0.717) is 50.1 Å². The van der Waals surface area contributed by atoms with E-state index in [1.165, 1.54) is 11.3 Å². The van der Waals surface area contributed by atoms with Crippen LogP contribution in [0, 0.1) is 17.1 Å². The van der Waals surface area contributed by atoms with Gasteiger partial charge in [-0.3, -0.25) is 0 Å². The molecule has 2 aromatic carbocycles. The topological polar surface area (TPSA) is 92.2 Å². The quantitative estimate of drug-likeness (QED) is 0.181. The molecule has 6 nitrogen and oxygen atoms in total. The van der Waals surface area contributed by atoms with Crippen molar-refractivity contribution in [3.63, 3.8) is 0 Å². The number of aliphatic hydroxyl groups is 1. The third kappa shape index (κ3) is 6.95. The Morgan fingerprint density at radius 2 is 2.00 bits per heavy atom. The van der Waals surface area contributed by atoms with Gasteiger partial charge in [0.2, 0.25) is 0 Å². The average Bonchev–Trinajstić information content (AvgIpc) is 3.53. The first-order valence-electron chi connectivity index (χ1n) is 11.7. The molecule has 194 valence electrons. The first-order valence-corrected chi connectivity index (χ1v) is 13.2. The summed E-state index contributed by atoms with van der Waals surface area (Å²) in [5, 5.41) is 23.2. The average molecular weight is 562 g/mol. The van der Waals surface area contributed by atoms with Gasteiger partial charge < -0.3 is 14.4 Å². The van der Waals surface area contributed by atoms with Crippen molar-refractivity contribution in [2.24, 2.45) is 0 Å². The van der Waals surface area contributed by atoms with E-state index in [9.17, 15) is 4.39 Å². The summed E-state index contributed by atoms with van der Waals surface area (Å²) >= 11 is 13.7. The van der Waals surface area contributed by atoms with E-state index >= 15 is 0 Å². The lowest BCUT2D eigenvalue weighted by atomic mass is 10.0. The SMILES string of the molecule is C=CCOCc1c(-c2c(Cl)cccc2Cl)noc1C1CC1.CC.N#Cc1cc(F)c2nc(CO)sc2c1. The van der Waals surface area contributed by atoms with Crippen molar-refractivity contribution < 1.29 is 18.8 Å². The molecule has 0 spiro atoms. The summed E-state index contributed by atoms with van der Waals surface area (Å²) in [6, 6.07) is 9.97. The molecule has 1 aliphatic carbocycles. The number of thiazole rings is 1. The largest absolute Gasteiger partial charge is 0.389 e. The highest BCUT2D eigenvalue weighted by Gasteiger charge is 2.33. The second-order valence-electron chi connectivity index (χ2n) is 7.73. The number of aromatic nitrogens is 2. The van der Waals surface area contributed by atoms with Crippen LogP contribution in [0.1, 0.15) is 54.5 Å². The number of ether oxygens (including phenoxy) is 1. The number of nitrogens with zero attached hydrogens (tertiary/aromatic N) is 3. The molecule has 5 rings (SSSR count). The fourth-order valence-electron chi connectivity index (χ4n) is 3.46. The van der Waals surface area contributed by atoms with E-state index in [1.54, 1.807) is 24.3 Å². The minimum Gasteiger partial charge on any atom is -0.389 e. The van der Waals surface area contributed by atoms with Gasteiger partial charge in [-0.1, -0.05) is 54.3 Å². The van der Waals surface area contributed by atoms with Gasteiger partial charge in [-0.2, -0.15) is 5.26 Å².